The number of nitrogens with zero attached hydrogens (tertiary/aromatic N) is 3. The van der Waals surface area contributed by atoms with Crippen molar-refractivity contribution in [1.82, 2.24) is 9.97 Å². The first-order valence-electron chi connectivity index (χ1n) is 8.89. The fraction of sp³-hybridized carbons (Fsp3) is 0.474. The van der Waals surface area contributed by atoms with Gasteiger partial charge in [-0.15, -0.1) is 0 Å². The van der Waals surface area contributed by atoms with E-state index in [-0.39, 0.29) is 6.61 Å². The topological polar surface area (TPSA) is 70.5 Å². The maximum Gasteiger partial charge on any atom is 0.134 e. The molecule has 1 saturated heterocycles. The van der Waals surface area contributed by atoms with Crippen molar-refractivity contribution in [2.24, 2.45) is 0 Å². The van der Waals surface area contributed by atoms with Gasteiger partial charge in [0.15, 0.2) is 0 Å². The molecule has 25 heavy (non-hydrogen) atoms. The van der Waals surface area contributed by atoms with Crippen LogP contribution in [0.4, 0.5) is 11.6 Å². The summed E-state index contributed by atoms with van der Waals surface area (Å²) in [5, 5.41) is 13.3. The van der Waals surface area contributed by atoms with Crippen LogP contribution >= 0.6 is 0 Å². The number of anilines is 2. The van der Waals surface area contributed by atoms with Crippen molar-refractivity contribution < 1.29 is 9.84 Å². The summed E-state index contributed by atoms with van der Waals surface area (Å²) in [6.45, 7) is 4.72. The van der Waals surface area contributed by atoms with Crippen LogP contribution in [0.2, 0.25) is 0 Å². The lowest BCUT2D eigenvalue weighted by atomic mass is 10.1. The molecule has 6 nitrogen and oxygen atoms in total. The molecular weight excluding hydrogens is 316 g/mol. The van der Waals surface area contributed by atoms with Gasteiger partial charge in [0.1, 0.15) is 36.4 Å². The maximum atomic E-state index is 10.1. The van der Waals surface area contributed by atoms with Gasteiger partial charge >= 0.3 is 0 Å². The van der Waals surface area contributed by atoms with E-state index in [1.165, 1.54) is 19.3 Å². The van der Waals surface area contributed by atoms with E-state index in [1.807, 2.05) is 37.3 Å². The summed E-state index contributed by atoms with van der Waals surface area (Å²) in [6.07, 6.45) is 4.67. The van der Waals surface area contributed by atoms with Gasteiger partial charge in [-0.05, 0) is 43.9 Å². The monoisotopic (exact) mass is 342 g/mol. The average molecular weight is 342 g/mol. The van der Waals surface area contributed by atoms with E-state index in [2.05, 4.69) is 20.2 Å². The molecule has 1 unspecified atom stereocenters. The molecule has 134 valence electrons. The Hall–Kier alpha value is -2.34. The van der Waals surface area contributed by atoms with Crippen molar-refractivity contribution in [2.75, 3.05) is 36.5 Å². The molecule has 2 heterocycles. The average Bonchev–Trinajstić information content (AvgIpc) is 2.66. The first kappa shape index (κ1) is 17.5. The first-order chi connectivity index (χ1) is 12.2. The molecule has 2 aromatic rings. The SMILES string of the molecule is Cc1cccc(OCC(O)CNc2cc(N3CCCCC3)ncn2)c1. The van der Waals surface area contributed by atoms with E-state index in [9.17, 15) is 5.11 Å². The number of benzene rings is 1. The van der Waals surface area contributed by atoms with Gasteiger partial charge in [0.05, 0.1) is 0 Å². The number of rotatable bonds is 7. The third-order valence-corrected chi connectivity index (χ3v) is 4.28. The molecule has 0 saturated carbocycles. The molecule has 1 aliphatic rings. The highest BCUT2D eigenvalue weighted by molar-refractivity contribution is 5.48. The quantitative estimate of drug-likeness (QED) is 0.806. The summed E-state index contributed by atoms with van der Waals surface area (Å²) < 4.78 is 5.62. The lowest BCUT2D eigenvalue weighted by Gasteiger charge is -2.27. The number of hydrogen-bond donors (Lipinski definition) is 2. The molecule has 0 spiro atoms. The lowest BCUT2D eigenvalue weighted by molar-refractivity contribution is 0.117. The number of ether oxygens (including phenoxy) is 1. The second-order valence-electron chi connectivity index (χ2n) is 6.47. The Morgan fingerprint density at radius 1 is 1.20 bits per heavy atom. The summed E-state index contributed by atoms with van der Waals surface area (Å²) in [7, 11) is 0. The zero-order chi connectivity index (χ0) is 17.5. The van der Waals surface area contributed by atoms with Crippen molar-refractivity contribution in [2.45, 2.75) is 32.3 Å². The van der Waals surface area contributed by atoms with Crippen molar-refractivity contribution in [3.8, 4) is 5.75 Å². The molecule has 0 aliphatic carbocycles. The van der Waals surface area contributed by atoms with E-state index in [4.69, 9.17) is 4.74 Å². The van der Waals surface area contributed by atoms with Gasteiger partial charge in [0.25, 0.3) is 0 Å². The van der Waals surface area contributed by atoms with E-state index in [1.54, 1.807) is 6.33 Å². The van der Waals surface area contributed by atoms with Gasteiger partial charge in [-0.1, -0.05) is 12.1 Å². The molecule has 1 atom stereocenters. The smallest absolute Gasteiger partial charge is 0.134 e. The fourth-order valence-electron chi connectivity index (χ4n) is 2.92. The van der Waals surface area contributed by atoms with Crippen LogP contribution in [0.5, 0.6) is 5.75 Å². The van der Waals surface area contributed by atoms with E-state index >= 15 is 0 Å². The molecule has 2 N–H and O–H groups in total. The largest absolute Gasteiger partial charge is 0.491 e. The number of aryl methyl sites for hydroxylation is 1. The first-order valence-corrected chi connectivity index (χ1v) is 8.89. The number of nitrogens with one attached hydrogen (secondary N) is 1. The highest BCUT2D eigenvalue weighted by Gasteiger charge is 2.13. The Morgan fingerprint density at radius 2 is 2.04 bits per heavy atom. The van der Waals surface area contributed by atoms with Crippen molar-refractivity contribution in [3.05, 3.63) is 42.2 Å². The van der Waals surface area contributed by atoms with Crippen LogP contribution in [-0.2, 0) is 0 Å². The standard InChI is InChI=1S/C19H26N4O2/c1-15-6-5-7-17(10-15)25-13-16(24)12-20-18-11-19(22-14-21-18)23-8-3-2-4-9-23/h5-7,10-11,14,16,24H,2-4,8-9,12-13H2,1H3,(H,20,21,22). The normalized spacial score (nSPS) is 15.7. The Kier molecular flexibility index (Phi) is 6.06. The highest BCUT2D eigenvalue weighted by Crippen LogP contribution is 2.19. The minimum atomic E-state index is -0.617. The molecule has 1 aromatic carbocycles. The lowest BCUT2D eigenvalue weighted by Crippen LogP contribution is -2.30. The number of piperidine rings is 1. The van der Waals surface area contributed by atoms with Crippen molar-refractivity contribution in [1.29, 1.82) is 0 Å². The Bertz CT molecular complexity index is 674. The van der Waals surface area contributed by atoms with Crippen LogP contribution in [-0.4, -0.2) is 47.4 Å². The third kappa shape index (κ3) is 5.32. The van der Waals surface area contributed by atoms with E-state index in [0.717, 1.165) is 36.0 Å². The highest BCUT2D eigenvalue weighted by atomic mass is 16.5. The van der Waals surface area contributed by atoms with E-state index < -0.39 is 6.10 Å². The van der Waals surface area contributed by atoms with Gasteiger partial charge in [-0.2, -0.15) is 0 Å². The zero-order valence-corrected chi connectivity index (χ0v) is 14.7. The molecular formula is C19H26N4O2. The van der Waals surface area contributed by atoms with Crippen LogP contribution in [0, 0.1) is 6.92 Å². The van der Waals surface area contributed by atoms with Gasteiger partial charge in [-0.3, -0.25) is 0 Å². The van der Waals surface area contributed by atoms with Gasteiger partial charge in [0.2, 0.25) is 0 Å². The number of hydrogen-bond acceptors (Lipinski definition) is 6. The van der Waals surface area contributed by atoms with Gasteiger partial charge < -0.3 is 20.1 Å². The minimum Gasteiger partial charge on any atom is -0.491 e. The second kappa shape index (κ2) is 8.67. The van der Waals surface area contributed by atoms with Gasteiger partial charge in [0, 0.05) is 25.7 Å². The van der Waals surface area contributed by atoms with E-state index in [0.29, 0.717) is 6.54 Å². The number of aliphatic hydroxyl groups excluding tert-OH is 1. The fourth-order valence-corrected chi connectivity index (χ4v) is 2.92. The predicted octanol–water partition coefficient (Wildman–Crippen LogP) is 2.63. The summed E-state index contributed by atoms with van der Waals surface area (Å²) in [5.41, 5.74) is 1.14. The van der Waals surface area contributed by atoms with Crippen molar-refractivity contribution in [3.63, 3.8) is 0 Å². The molecule has 1 fully saturated rings. The molecule has 3 rings (SSSR count). The van der Waals surface area contributed by atoms with Crippen LogP contribution in [0.1, 0.15) is 24.8 Å². The van der Waals surface area contributed by atoms with Crippen LogP contribution in [0.15, 0.2) is 36.7 Å². The van der Waals surface area contributed by atoms with Crippen LogP contribution in [0.25, 0.3) is 0 Å². The summed E-state index contributed by atoms with van der Waals surface area (Å²) in [4.78, 5) is 10.9. The summed E-state index contributed by atoms with van der Waals surface area (Å²) in [6, 6.07) is 9.75. The molecule has 0 bridgehead atoms. The third-order valence-electron chi connectivity index (χ3n) is 4.28. The second-order valence-corrected chi connectivity index (χ2v) is 6.47. The molecule has 6 heteroatoms. The maximum absolute atomic E-state index is 10.1. The van der Waals surface area contributed by atoms with Crippen LogP contribution in [0.3, 0.4) is 0 Å². The molecule has 0 radical (unpaired) electrons. The number of aromatic nitrogens is 2. The Balaban J connectivity index is 1.47. The Morgan fingerprint density at radius 3 is 2.84 bits per heavy atom. The molecule has 1 aliphatic heterocycles. The van der Waals surface area contributed by atoms with Crippen LogP contribution < -0.4 is 15.0 Å². The Labute approximate surface area is 148 Å². The van der Waals surface area contributed by atoms with Gasteiger partial charge in [-0.25, -0.2) is 9.97 Å². The molecule has 1 aromatic heterocycles. The summed E-state index contributed by atoms with van der Waals surface area (Å²) in [5.74, 6) is 2.45. The zero-order valence-electron chi connectivity index (χ0n) is 14.7. The van der Waals surface area contributed by atoms with Crippen molar-refractivity contribution >= 4 is 11.6 Å². The minimum absolute atomic E-state index is 0.237. The number of aliphatic hydroxyl groups is 1. The molecule has 0 amide bonds. The predicted molar refractivity (Wildman–Crippen MR) is 99.3 cm³/mol. The summed E-state index contributed by atoms with van der Waals surface area (Å²) >= 11 is 0.